The lowest BCUT2D eigenvalue weighted by Crippen LogP contribution is -1.95. The van der Waals surface area contributed by atoms with Gasteiger partial charge in [-0.1, -0.05) is 25.3 Å². The molecule has 0 aliphatic heterocycles. The Bertz CT molecular complexity index is 257. The van der Waals surface area contributed by atoms with Crippen molar-refractivity contribution in [1.82, 2.24) is 0 Å². The first-order chi connectivity index (χ1) is 4.48. The highest BCUT2D eigenvalue weighted by atomic mass is 32.2. The molecule has 10 heavy (non-hydrogen) atoms. The molecule has 0 amide bonds. The summed E-state index contributed by atoms with van der Waals surface area (Å²) >= 11 is 0. The van der Waals surface area contributed by atoms with Crippen molar-refractivity contribution in [2.45, 2.75) is 0 Å². The standard InChI is InChI=1S/C7H10O2S/c1-4-5-6-7(2)10(3,8)9/h4-6H,1-2H2,3H3/b6-5-. The largest absolute Gasteiger partial charge is 0.224 e. The lowest BCUT2D eigenvalue weighted by atomic mass is 10.5. The summed E-state index contributed by atoms with van der Waals surface area (Å²) in [5.41, 5.74) is 0. The molecule has 0 rings (SSSR count). The van der Waals surface area contributed by atoms with Crippen molar-refractivity contribution in [2.75, 3.05) is 6.26 Å². The number of sulfone groups is 1. The highest BCUT2D eigenvalue weighted by Crippen LogP contribution is 2.01. The first-order valence-corrected chi connectivity index (χ1v) is 4.55. The quantitative estimate of drug-likeness (QED) is 0.580. The van der Waals surface area contributed by atoms with Gasteiger partial charge in [0, 0.05) is 6.26 Å². The maximum absolute atomic E-state index is 10.7. The van der Waals surface area contributed by atoms with Gasteiger partial charge >= 0.3 is 0 Å². The molecule has 56 valence electrons. The molecule has 0 unspecified atom stereocenters. The van der Waals surface area contributed by atoms with Gasteiger partial charge in [0.15, 0.2) is 9.84 Å². The maximum atomic E-state index is 10.7. The van der Waals surface area contributed by atoms with Gasteiger partial charge in [0.25, 0.3) is 0 Å². The van der Waals surface area contributed by atoms with E-state index in [1.54, 1.807) is 0 Å². The van der Waals surface area contributed by atoms with E-state index in [4.69, 9.17) is 0 Å². The molecule has 0 spiro atoms. The Labute approximate surface area is 61.5 Å². The zero-order chi connectivity index (χ0) is 8.20. The first kappa shape index (κ1) is 9.17. The second-order valence-electron chi connectivity index (χ2n) is 1.83. The van der Waals surface area contributed by atoms with Crippen LogP contribution in [-0.4, -0.2) is 14.7 Å². The molecule has 0 saturated carbocycles. The van der Waals surface area contributed by atoms with Gasteiger partial charge in [-0.15, -0.1) is 0 Å². The van der Waals surface area contributed by atoms with Gasteiger partial charge < -0.3 is 0 Å². The summed E-state index contributed by atoms with van der Waals surface area (Å²) in [4.78, 5) is 0.104. The van der Waals surface area contributed by atoms with Gasteiger partial charge in [-0.2, -0.15) is 0 Å². The van der Waals surface area contributed by atoms with E-state index in [1.165, 1.54) is 18.2 Å². The Hall–Kier alpha value is -0.830. The summed E-state index contributed by atoms with van der Waals surface area (Å²) in [7, 11) is -3.10. The fourth-order valence-corrected chi connectivity index (χ4v) is 0.625. The third kappa shape index (κ3) is 3.25. The Morgan fingerprint density at radius 1 is 1.50 bits per heavy atom. The summed E-state index contributed by atoms with van der Waals surface area (Å²) in [6.07, 6.45) is 5.55. The minimum absolute atomic E-state index is 0.104. The zero-order valence-corrected chi connectivity index (χ0v) is 6.69. The average Bonchev–Trinajstić information content (AvgIpc) is 1.80. The van der Waals surface area contributed by atoms with Crippen LogP contribution in [0.3, 0.4) is 0 Å². The number of hydrogen-bond acceptors (Lipinski definition) is 2. The van der Waals surface area contributed by atoms with Crippen molar-refractivity contribution in [1.29, 1.82) is 0 Å². The van der Waals surface area contributed by atoms with Crippen molar-refractivity contribution in [2.24, 2.45) is 0 Å². The molecular formula is C7H10O2S. The summed E-state index contributed by atoms with van der Waals surface area (Å²) in [5, 5.41) is 0. The van der Waals surface area contributed by atoms with E-state index in [-0.39, 0.29) is 4.91 Å². The van der Waals surface area contributed by atoms with Gasteiger partial charge in [0.2, 0.25) is 0 Å². The zero-order valence-electron chi connectivity index (χ0n) is 5.87. The molecule has 0 bridgehead atoms. The maximum Gasteiger partial charge on any atom is 0.174 e. The molecule has 0 fully saturated rings. The lowest BCUT2D eigenvalue weighted by Gasteiger charge is -1.91. The van der Waals surface area contributed by atoms with E-state index in [0.717, 1.165) is 6.26 Å². The highest BCUT2D eigenvalue weighted by Gasteiger charge is 2.01. The monoisotopic (exact) mass is 158 g/mol. The molecule has 0 heterocycles. The molecule has 0 aromatic heterocycles. The molecule has 0 aliphatic carbocycles. The van der Waals surface area contributed by atoms with Crippen molar-refractivity contribution >= 4 is 9.84 Å². The molecule has 0 atom stereocenters. The minimum atomic E-state index is -3.10. The van der Waals surface area contributed by atoms with Gasteiger partial charge in [-0.25, -0.2) is 8.42 Å². The van der Waals surface area contributed by atoms with Crippen LogP contribution in [0.4, 0.5) is 0 Å². The molecule has 0 aromatic carbocycles. The van der Waals surface area contributed by atoms with E-state index < -0.39 is 9.84 Å². The summed E-state index contributed by atoms with van der Waals surface area (Å²) in [5.74, 6) is 0. The second kappa shape index (κ2) is 3.37. The topological polar surface area (TPSA) is 34.1 Å². The minimum Gasteiger partial charge on any atom is -0.224 e. The van der Waals surface area contributed by atoms with E-state index in [1.807, 2.05) is 0 Å². The molecule has 3 heteroatoms. The molecule has 2 nitrogen and oxygen atoms in total. The predicted octanol–water partition coefficient (Wildman–Crippen LogP) is 1.29. The number of allylic oxidation sites excluding steroid dienone is 3. The molecule has 0 N–H and O–H groups in total. The normalized spacial score (nSPS) is 11.7. The summed E-state index contributed by atoms with van der Waals surface area (Å²) in [6.45, 7) is 6.73. The van der Waals surface area contributed by atoms with Crippen LogP contribution in [0.25, 0.3) is 0 Å². The van der Waals surface area contributed by atoms with Crippen molar-refractivity contribution < 1.29 is 8.42 Å². The Morgan fingerprint density at radius 2 is 2.00 bits per heavy atom. The summed E-state index contributed by atoms with van der Waals surface area (Å²) in [6, 6.07) is 0. The van der Waals surface area contributed by atoms with E-state index in [0.29, 0.717) is 0 Å². The van der Waals surface area contributed by atoms with Crippen LogP contribution in [0.15, 0.2) is 36.3 Å². The highest BCUT2D eigenvalue weighted by molar-refractivity contribution is 7.94. The number of rotatable bonds is 3. The van der Waals surface area contributed by atoms with Crippen LogP contribution in [-0.2, 0) is 9.84 Å². The number of hydrogen-bond donors (Lipinski definition) is 0. The smallest absolute Gasteiger partial charge is 0.174 e. The van der Waals surface area contributed by atoms with Crippen LogP contribution in [0.1, 0.15) is 0 Å². The average molecular weight is 158 g/mol. The van der Waals surface area contributed by atoms with Crippen molar-refractivity contribution in [3.05, 3.63) is 36.3 Å². The van der Waals surface area contributed by atoms with Crippen LogP contribution in [0.2, 0.25) is 0 Å². The van der Waals surface area contributed by atoms with Crippen LogP contribution < -0.4 is 0 Å². The molecule has 0 aliphatic rings. The fraction of sp³-hybridized carbons (Fsp3) is 0.143. The predicted molar refractivity (Wildman–Crippen MR) is 43.3 cm³/mol. The third-order valence-corrected chi connectivity index (χ3v) is 1.98. The lowest BCUT2D eigenvalue weighted by molar-refractivity contribution is 0.608. The fourth-order valence-electron chi connectivity index (χ4n) is 0.299. The Balaban J connectivity index is 4.42. The van der Waals surface area contributed by atoms with Crippen LogP contribution >= 0.6 is 0 Å². The molecule has 0 radical (unpaired) electrons. The van der Waals surface area contributed by atoms with Gasteiger partial charge in [-0.05, 0) is 6.08 Å². The molecule has 0 aromatic rings. The van der Waals surface area contributed by atoms with Crippen molar-refractivity contribution in [3.63, 3.8) is 0 Å². The van der Waals surface area contributed by atoms with Crippen LogP contribution in [0, 0.1) is 0 Å². The Morgan fingerprint density at radius 3 is 2.30 bits per heavy atom. The van der Waals surface area contributed by atoms with Crippen LogP contribution in [0.5, 0.6) is 0 Å². The molecule has 0 saturated heterocycles. The van der Waals surface area contributed by atoms with E-state index >= 15 is 0 Å². The SMILES string of the molecule is C=C/C=C\C(=C)S(C)(=O)=O. The Kier molecular flexibility index (Phi) is 3.09. The van der Waals surface area contributed by atoms with Crippen molar-refractivity contribution in [3.8, 4) is 0 Å². The second-order valence-corrected chi connectivity index (χ2v) is 3.90. The van der Waals surface area contributed by atoms with Gasteiger partial charge in [0.05, 0.1) is 4.91 Å². The van der Waals surface area contributed by atoms with Gasteiger partial charge in [-0.3, -0.25) is 0 Å². The summed E-state index contributed by atoms with van der Waals surface area (Å²) < 4.78 is 21.3. The van der Waals surface area contributed by atoms with E-state index in [2.05, 4.69) is 13.2 Å². The van der Waals surface area contributed by atoms with E-state index in [9.17, 15) is 8.42 Å². The van der Waals surface area contributed by atoms with Gasteiger partial charge in [0.1, 0.15) is 0 Å². The third-order valence-electron chi connectivity index (χ3n) is 0.894. The first-order valence-electron chi connectivity index (χ1n) is 2.66. The molecular weight excluding hydrogens is 148 g/mol.